The van der Waals surface area contributed by atoms with Crippen molar-refractivity contribution in [3.8, 4) is 0 Å². The van der Waals surface area contributed by atoms with Crippen molar-refractivity contribution in [2.45, 2.75) is 32.6 Å². The van der Waals surface area contributed by atoms with Crippen molar-refractivity contribution in [3.05, 3.63) is 17.0 Å². The SMILES string of the molecule is Cc1n[nH]c(C)c1C1CCN(C)CC1. The maximum Gasteiger partial charge on any atom is 0.0628 e. The van der Waals surface area contributed by atoms with Crippen molar-refractivity contribution in [2.75, 3.05) is 20.1 Å². The minimum Gasteiger partial charge on any atom is -0.306 e. The Hall–Kier alpha value is -0.830. The summed E-state index contributed by atoms with van der Waals surface area (Å²) < 4.78 is 0. The molecule has 1 aromatic rings. The minimum atomic E-state index is 0.727. The van der Waals surface area contributed by atoms with Crippen molar-refractivity contribution in [1.29, 1.82) is 0 Å². The highest BCUT2D eigenvalue weighted by Gasteiger charge is 2.22. The second-order valence-corrected chi connectivity index (χ2v) is 4.43. The van der Waals surface area contributed by atoms with E-state index < -0.39 is 0 Å². The van der Waals surface area contributed by atoms with E-state index in [0.717, 1.165) is 5.92 Å². The van der Waals surface area contributed by atoms with Crippen LogP contribution in [-0.4, -0.2) is 35.2 Å². The molecule has 0 amide bonds. The zero-order valence-electron chi connectivity index (χ0n) is 9.30. The quantitative estimate of drug-likeness (QED) is 0.738. The number of aromatic amines is 1. The first kappa shape index (κ1) is 9.71. The van der Waals surface area contributed by atoms with Crippen molar-refractivity contribution in [3.63, 3.8) is 0 Å². The number of aryl methyl sites for hydroxylation is 2. The van der Waals surface area contributed by atoms with Gasteiger partial charge in [-0.1, -0.05) is 0 Å². The van der Waals surface area contributed by atoms with Crippen LogP contribution in [0.15, 0.2) is 0 Å². The van der Waals surface area contributed by atoms with E-state index >= 15 is 0 Å². The van der Waals surface area contributed by atoms with Gasteiger partial charge >= 0.3 is 0 Å². The molecule has 2 heterocycles. The molecule has 78 valence electrons. The lowest BCUT2D eigenvalue weighted by molar-refractivity contribution is 0.255. The van der Waals surface area contributed by atoms with E-state index in [1.165, 1.54) is 42.9 Å². The Morgan fingerprint density at radius 3 is 2.43 bits per heavy atom. The lowest BCUT2D eigenvalue weighted by Crippen LogP contribution is -2.29. The summed E-state index contributed by atoms with van der Waals surface area (Å²) in [4.78, 5) is 2.40. The summed E-state index contributed by atoms with van der Waals surface area (Å²) in [5, 5.41) is 7.35. The highest BCUT2D eigenvalue weighted by Crippen LogP contribution is 2.30. The van der Waals surface area contributed by atoms with E-state index in [0.29, 0.717) is 0 Å². The molecular weight excluding hydrogens is 174 g/mol. The highest BCUT2D eigenvalue weighted by atomic mass is 15.1. The fourth-order valence-corrected chi connectivity index (χ4v) is 2.46. The average Bonchev–Trinajstić information content (AvgIpc) is 2.49. The van der Waals surface area contributed by atoms with Crippen LogP contribution in [0.1, 0.15) is 35.7 Å². The van der Waals surface area contributed by atoms with Crippen molar-refractivity contribution < 1.29 is 0 Å². The summed E-state index contributed by atoms with van der Waals surface area (Å²) in [5.74, 6) is 0.727. The summed E-state index contributed by atoms with van der Waals surface area (Å²) in [5.41, 5.74) is 3.92. The molecule has 2 rings (SSSR count). The summed E-state index contributed by atoms with van der Waals surface area (Å²) in [6.07, 6.45) is 2.55. The van der Waals surface area contributed by atoms with E-state index in [9.17, 15) is 0 Å². The first-order valence-corrected chi connectivity index (χ1v) is 5.38. The third-order valence-corrected chi connectivity index (χ3v) is 3.31. The molecule has 0 radical (unpaired) electrons. The van der Waals surface area contributed by atoms with Gasteiger partial charge < -0.3 is 4.90 Å². The highest BCUT2D eigenvalue weighted by molar-refractivity contribution is 5.28. The predicted molar refractivity (Wildman–Crippen MR) is 57.5 cm³/mol. The van der Waals surface area contributed by atoms with E-state index in [2.05, 4.69) is 36.0 Å². The zero-order valence-corrected chi connectivity index (χ0v) is 9.30. The molecule has 3 heteroatoms. The van der Waals surface area contributed by atoms with Gasteiger partial charge in [-0.2, -0.15) is 5.10 Å². The van der Waals surface area contributed by atoms with Gasteiger partial charge in [0.1, 0.15) is 0 Å². The summed E-state index contributed by atoms with van der Waals surface area (Å²) in [7, 11) is 2.20. The van der Waals surface area contributed by atoms with Gasteiger partial charge in [0.25, 0.3) is 0 Å². The van der Waals surface area contributed by atoms with Gasteiger partial charge in [-0.15, -0.1) is 0 Å². The molecule has 0 aromatic carbocycles. The summed E-state index contributed by atoms with van der Waals surface area (Å²) in [6, 6.07) is 0. The molecule has 0 unspecified atom stereocenters. The maximum atomic E-state index is 4.27. The van der Waals surface area contributed by atoms with Gasteiger partial charge in [-0.3, -0.25) is 5.10 Å². The Morgan fingerprint density at radius 2 is 1.93 bits per heavy atom. The van der Waals surface area contributed by atoms with E-state index in [1.54, 1.807) is 0 Å². The molecule has 0 atom stereocenters. The summed E-state index contributed by atoms with van der Waals surface area (Å²) in [6.45, 7) is 6.67. The Morgan fingerprint density at radius 1 is 1.29 bits per heavy atom. The number of H-pyrrole nitrogens is 1. The molecule has 1 aliphatic rings. The lowest BCUT2D eigenvalue weighted by Gasteiger charge is -2.29. The number of hydrogen-bond donors (Lipinski definition) is 1. The van der Waals surface area contributed by atoms with Crippen molar-refractivity contribution >= 4 is 0 Å². The molecule has 1 fully saturated rings. The number of hydrogen-bond acceptors (Lipinski definition) is 2. The molecule has 1 saturated heterocycles. The van der Waals surface area contributed by atoms with Crippen LogP contribution in [0.4, 0.5) is 0 Å². The van der Waals surface area contributed by atoms with Crippen LogP contribution in [0.3, 0.4) is 0 Å². The Balaban J connectivity index is 2.15. The van der Waals surface area contributed by atoms with Crippen molar-refractivity contribution in [1.82, 2.24) is 15.1 Å². The van der Waals surface area contributed by atoms with Crippen LogP contribution in [0.5, 0.6) is 0 Å². The predicted octanol–water partition coefficient (Wildman–Crippen LogP) is 1.84. The van der Waals surface area contributed by atoms with Gasteiger partial charge in [0.05, 0.1) is 5.69 Å². The molecule has 0 aliphatic carbocycles. The first-order valence-electron chi connectivity index (χ1n) is 5.38. The monoisotopic (exact) mass is 193 g/mol. The minimum absolute atomic E-state index is 0.727. The number of aromatic nitrogens is 2. The van der Waals surface area contributed by atoms with Crippen LogP contribution in [0.2, 0.25) is 0 Å². The smallest absolute Gasteiger partial charge is 0.0628 e. The molecule has 3 nitrogen and oxygen atoms in total. The summed E-state index contributed by atoms with van der Waals surface area (Å²) >= 11 is 0. The Kier molecular flexibility index (Phi) is 2.59. The molecule has 0 bridgehead atoms. The second kappa shape index (κ2) is 3.73. The van der Waals surface area contributed by atoms with Gasteiger partial charge in [0, 0.05) is 5.69 Å². The van der Waals surface area contributed by atoms with Crippen LogP contribution >= 0.6 is 0 Å². The first-order chi connectivity index (χ1) is 6.68. The fraction of sp³-hybridized carbons (Fsp3) is 0.727. The number of rotatable bonds is 1. The molecule has 0 saturated carbocycles. The second-order valence-electron chi connectivity index (χ2n) is 4.43. The van der Waals surface area contributed by atoms with E-state index in [-0.39, 0.29) is 0 Å². The van der Waals surface area contributed by atoms with Gasteiger partial charge in [0.2, 0.25) is 0 Å². The number of nitrogens with one attached hydrogen (secondary N) is 1. The van der Waals surface area contributed by atoms with Crippen LogP contribution in [-0.2, 0) is 0 Å². The number of piperidine rings is 1. The number of likely N-dealkylation sites (tertiary alicyclic amines) is 1. The number of nitrogens with zero attached hydrogens (tertiary/aromatic N) is 2. The standard InChI is InChI=1S/C11H19N3/c1-8-11(9(2)13-12-8)10-4-6-14(3)7-5-10/h10H,4-7H2,1-3H3,(H,12,13). The van der Waals surface area contributed by atoms with E-state index in [4.69, 9.17) is 0 Å². The van der Waals surface area contributed by atoms with Gasteiger partial charge in [0.15, 0.2) is 0 Å². The van der Waals surface area contributed by atoms with Crippen LogP contribution in [0, 0.1) is 13.8 Å². The molecule has 1 N–H and O–H groups in total. The molecular formula is C11H19N3. The molecule has 14 heavy (non-hydrogen) atoms. The molecule has 0 spiro atoms. The van der Waals surface area contributed by atoms with Gasteiger partial charge in [-0.25, -0.2) is 0 Å². The lowest BCUT2D eigenvalue weighted by atomic mass is 9.88. The Labute approximate surface area is 85.5 Å². The largest absolute Gasteiger partial charge is 0.306 e. The van der Waals surface area contributed by atoms with Crippen LogP contribution in [0.25, 0.3) is 0 Å². The average molecular weight is 193 g/mol. The topological polar surface area (TPSA) is 31.9 Å². The van der Waals surface area contributed by atoms with Crippen molar-refractivity contribution in [2.24, 2.45) is 0 Å². The third kappa shape index (κ3) is 1.69. The molecule has 1 aromatic heterocycles. The Bertz CT molecular complexity index is 289. The van der Waals surface area contributed by atoms with Gasteiger partial charge in [-0.05, 0) is 58.3 Å². The molecule has 1 aliphatic heterocycles. The third-order valence-electron chi connectivity index (χ3n) is 3.31. The fourth-order valence-electron chi connectivity index (χ4n) is 2.46. The van der Waals surface area contributed by atoms with E-state index in [1.807, 2.05) is 0 Å². The normalized spacial score (nSPS) is 20.2. The van der Waals surface area contributed by atoms with Crippen LogP contribution < -0.4 is 0 Å². The maximum absolute atomic E-state index is 4.27. The zero-order chi connectivity index (χ0) is 10.1.